The van der Waals surface area contributed by atoms with Gasteiger partial charge in [0.25, 0.3) is 0 Å². The number of rotatable bonds is 8. The summed E-state index contributed by atoms with van der Waals surface area (Å²) in [4.78, 5) is 42.8. The minimum absolute atomic E-state index is 0.273. The molecule has 3 aliphatic heterocycles. The maximum Gasteiger partial charge on any atom is 0.246 e. The minimum atomic E-state index is -1.12. The number of nitrogens with zero attached hydrogens (tertiary/aromatic N) is 1. The van der Waals surface area contributed by atoms with Crippen molar-refractivity contribution in [1.82, 2.24) is 10.2 Å². The number of fused-ring (bicyclic) bond motifs is 1. The van der Waals surface area contributed by atoms with E-state index in [1.165, 1.54) is 4.90 Å². The van der Waals surface area contributed by atoms with E-state index in [1.54, 1.807) is 19.1 Å². The van der Waals surface area contributed by atoms with E-state index in [-0.39, 0.29) is 24.3 Å². The highest BCUT2D eigenvalue weighted by molar-refractivity contribution is 6.02. The molecular formula is C28H33N3O5. The number of hydrogen-bond donors (Lipinski definition) is 3. The van der Waals surface area contributed by atoms with Gasteiger partial charge in [0, 0.05) is 12.2 Å². The molecule has 5 rings (SSSR count). The van der Waals surface area contributed by atoms with E-state index in [0.717, 1.165) is 5.56 Å². The molecule has 3 fully saturated rings. The van der Waals surface area contributed by atoms with E-state index in [4.69, 9.17) is 4.74 Å². The first-order valence-corrected chi connectivity index (χ1v) is 12.7. The van der Waals surface area contributed by atoms with Gasteiger partial charge < -0.3 is 25.4 Å². The topological polar surface area (TPSA) is 108 Å². The molecule has 6 atom stereocenters. The highest BCUT2D eigenvalue weighted by Crippen LogP contribution is 2.64. The average Bonchev–Trinajstić information content (AvgIpc) is 3.51. The van der Waals surface area contributed by atoms with Gasteiger partial charge in [-0.05, 0) is 43.9 Å². The summed E-state index contributed by atoms with van der Waals surface area (Å²) in [6, 6.07) is 17.2. The van der Waals surface area contributed by atoms with Crippen molar-refractivity contribution in [3.05, 3.63) is 66.2 Å². The van der Waals surface area contributed by atoms with Gasteiger partial charge >= 0.3 is 0 Å². The van der Waals surface area contributed by atoms with Crippen LogP contribution in [0.1, 0.15) is 38.7 Å². The molecule has 3 saturated heterocycles. The van der Waals surface area contributed by atoms with Crippen molar-refractivity contribution < 1.29 is 24.2 Å². The van der Waals surface area contributed by atoms with E-state index in [0.29, 0.717) is 31.5 Å². The SMILES string of the molecule is CC[C@]12CCC3(O1)C(C(=O)NCc1ccccc1)N([C@H](C)CO)C(=O)[C@@H]3[C@H]2C(=O)Nc1ccccc1. The van der Waals surface area contributed by atoms with Gasteiger partial charge in [-0.25, -0.2) is 0 Å². The molecule has 36 heavy (non-hydrogen) atoms. The molecular weight excluding hydrogens is 458 g/mol. The molecule has 3 amide bonds. The van der Waals surface area contributed by atoms with Crippen LogP contribution < -0.4 is 10.6 Å². The summed E-state index contributed by atoms with van der Waals surface area (Å²) in [6.45, 7) is 3.69. The summed E-state index contributed by atoms with van der Waals surface area (Å²) in [6.07, 6.45) is 1.65. The average molecular weight is 492 g/mol. The molecule has 0 saturated carbocycles. The van der Waals surface area contributed by atoms with Crippen molar-refractivity contribution in [1.29, 1.82) is 0 Å². The van der Waals surface area contributed by atoms with Crippen LogP contribution in [0.5, 0.6) is 0 Å². The summed E-state index contributed by atoms with van der Waals surface area (Å²) in [5.74, 6) is -2.43. The van der Waals surface area contributed by atoms with Gasteiger partial charge in [0.05, 0.1) is 30.1 Å². The van der Waals surface area contributed by atoms with Crippen LogP contribution >= 0.6 is 0 Å². The first kappa shape index (κ1) is 24.5. The molecule has 3 N–H and O–H groups in total. The molecule has 8 nitrogen and oxygen atoms in total. The number of aliphatic hydroxyl groups is 1. The van der Waals surface area contributed by atoms with Gasteiger partial charge in [0.15, 0.2) is 0 Å². The Morgan fingerprint density at radius 2 is 1.75 bits per heavy atom. The number of carbonyl (C=O) groups excluding carboxylic acids is 3. The normalized spacial score (nSPS) is 31.2. The summed E-state index contributed by atoms with van der Waals surface area (Å²) in [5, 5.41) is 15.9. The Hall–Kier alpha value is -3.23. The molecule has 2 aromatic rings. The molecule has 2 aromatic carbocycles. The first-order valence-electron chi connectivity index (χ1n) is 12.7. The van der Waals surface area contributed by atoms with Crippen molar-refractivity contribution in [2.24, 2.45) is 11.8 Å². The van der Waals surface area contributed by atoms with E-state index in [1.807, 2.05) is 55.5 Å². The fraction of sp³-hybridized carbons (Fsp3) is 0.464. The maximum absolute atomic E-state index is 14.0. The standard InChI is InChI=1S/C28H33N3O5/c1-3-27-14-15-28(36-27)22(21(27)24(33)30-20-12-8-5-9-13-20)26(35)31(18(2)17-32)23(28)25(34)29-16-19-10-6-4-7-11-19/h4-13,18,21-23,32H,3,14-17H2,1-2H3,(H,29,34)(H,30,33)/t18-,21+,22+,23?,27-,28?/m1/s1. The number of para-hydroxylation sites is 1. The van der Waals surface area contributed by atoms with Crippen LogP contribution in [0, 0.1) is 11.8 Å². The van der Waals surface area contributed by atoms with E-state index in [9.17, 15) is 19.5 Å². The van der Waals surface area contributed by atoms with Gasteiger partial charge in [0.2, 0.25) is 17.7 Å². The highest BCUT2D eigenvalue weighted by atomic mass is 16.5. The van der Waals surface area contributed by atoms with Crippen LogP contribution in [-0.2, 0) is 25.7 Å². The number of hydrogen-bond acceptors (Lipinski definition) is 5. The largest absolute Gasteiger partial charge is 0.394 e. The Morgan fingerprint density at radius 3 is 2.39 bits per heavy atom. The van der Waals surface area contributed by atoms with Gasteiger partial charge in [-0.3, -0.25) is 14.4 Å². The second kappa shape index (κ2) is 9.33. The van der Waals surface area contributed by atoms with E-state index >= 15 is 0 Å². The van der Waals surface area contributed by atoms with Crippen LogP contribution in [0.25, 0.3) is 0 Å². The fourth-order valence-electron chi connectivity index (χ4n) is 6.54. The molecule has 0 aliphatic carbocycles. The van der Waals surface area contributed by atoms with Gasteiger partial charge in [-0.15, -0.1) is 0 Å². The van der Waals surface area contributed by atoms with Gasteiger partial charge in [-0.1, -0.05) is 55.5 Å². The quantitative estimate of drug-likeness (QED) is 0.526. The maximum atomic E-state index is 14.0. The Labute approximate surface area is 211 Å². The summed E-state index contributed by atoms with van der Waals surface area (Å²) < 4.78 is 6.71. The predicted octanol–water partition coefficient (Wildman–Crippen LogP) is 2.48. The van der Waals surface area contributed by atoms with Gasteiger partial charge in [0.1, 0.15) is 11.6 Å². The molecule has 0 radical (unpaired) electrons. The number of amides is 3. The number of anilines is 1. The number of benzene rings is 2. The number of likely N-dealkylation sites (tertiary alicyclic amines) is 1. The van der Waals surface area contributed by atoms with Crippen molar-refractivity contribution in [3.8, 4) is 0 Å². The lowest BCUT2D eigenvalue weighted by Gasteiger charge is -2.36. The lowest BCUT2D eigenvalue weighted by molar-refractivity contribution is -0.149. The highest BCUT2D eigenvalue weighted by Gasteiger charge is 2.78. The second-order valence-electron chi connectivity index (χ2n) is 10.2. The molecule has 0 aromatic heterocycles. The van der Waals surface area contributed by atoms with Crippen LogP contribution in [-0.4, -0.2) is 57.6 Å². The van der Waals surface area contributed by atoms with Crippen molar-refractivity contribution in [2.45, 2.75) is 62.9 Å². The predicted molar refractivity (Wildman–Crippen MR) is 134 cm³/mol. The Balaban J connectivity index is 1.49. The van der Waals surface area contributed by atoms with Crippen molar-refractivity contribution >= 4 is 23.4 Å². The number of aliphatic hydroxyl groups excluding tert-OH is 1. The van der Waals surface area contributed by atoms with Crippen LogP contribution in [0.3, 0.4) is 0 Å². The van der Waals surface area contributed by atoms with E-state index in [2.05, 4.69) is 10.6 Å². The molecule has 3 aliphatic rings. The molecule has 1 spiro atoms. The van der Waals surface area contributed by atoms with Crippen LogP contribution in [0.2, 0.25) is 0 Å². The van der Waals surface area contributed by atoms with E-state index < -0.39 is 35.1 Å². The van der Waals surface area contributed by atoms with Crippen molar-refractivity contribution in [2.75, 3.05) is 11.9 Å². The third-order valence-corrected chi connectivity index (χ3v) is 8.24. The zero-order valence-corrected chi connectivity index (χ0v) is 20.6. The Bertz CT molecular complexity index is 1140. The lowest BCUT2D eigenvalue weighted by Crippen LogP contribution is -2.57. The zero-order valence-electron chi connectivity index (χ0n) is 20.6. The monoisotopic (exact) mass is 491 g/mol. The third kappa shape index (κ3) is 3.71. The molecule has 8 heteroatoms. The Kier molecular flexibility index (Phi) is 6.34. The smallest absolute Gasteiger partial charge is 0.246 e. The van der Waals surface area contributed by atoms with Crippen molar-refractivity contribution in [3.63, 3.8) is 0 Å². The third-order valence-electron chi connectivity index (χ3n) is 8.24. The van der Waals surface area contributed by atoms with Crippen LogP contribution in [0.4, 0.5) is 5.69 Å². The minimum Gasteiger partial charge on any atom is -0.394 e. The van der Waals surface area contributed by atoms with Gasteiger partial charge in [-0.2, -0.15) is 0 Å². The number of carbonyl (C=O) groups is 3. The summed E-state index contributed by atoms with van der Waals surface area (Å²) in [7, 11) is 0. The Morgan fingerprint density at radius 1 is 1.08 bits per heavy atom. The van der Waals surface area contributed by atoms with Crippen LogP contribution in [0.15, 0.2) is 60.7 Å². The lowest BCUT2D eigenvalue weighted by atomic mass is 9.65. The number of nitrogens with one attached hydrogen (secondary N) is 2. The summed E-state index contributed by atoms with van der Waals surface area (Å²) in [5.41, 5.74) is -0.344. The molecule has 2 unspecified atom stereocenters. The number of ether oxygens (including phenoxy) is 1. The first-order chi connectivity index (χ1) is 17.4. The summed E-state index contributed by atoms with van der Waals surface area (Å²) >= 11 is 0. The molecule has 3 heterocycles. The molecule has 2 bridgehead atoms. The fourth-order valence-corrected chi connectivity index (χ4v) is 6.54. The zero-order chi connectivity index (χ0) is 25.5. The second-order valence-corrected chi connectivity index (χ2v) is 10.2. The molecule has 190 valence electrons.